The van der Waals surface area contributed by atoms with Crippen LogP contribution in [-0.2, 0) is 11.3 Å². The fraction of sp³-hybridized carbons (Fsp3) is 0.360. The van der Waals surface area contributed by atoms with E-state index < -0.39 is 0 Å². The van der Waals surface area contributed by atoms with Crippen molar-refractivity contribution >= 4 is 27.8 Å². The van der Waals surface area contributed by atoms with Crippen LogP contribution in [0.5, 0.6) is 0 Å². The minimum atomic E-state index is -0.233. The molecule has 0 aliphatic heterocycles. The highest BCUT2D eigenvalue weighted by Crippen LogP contribution is 2.28. The number of fused-ring (bicyclic) bond motifs is 2. The largest absolute Gasteiger partial charge is 0.346 e. The first-order valence-corrected chi connectivity index (χ1v) is 11.1. The summed E-state index contributed by atoms with van der Waals surface area (Å²) in [6.07, 6.45) is 1.70. The summed E-state index contributed by atoms with van der Waals surface area (Å²) in [6, 6.07) is 15.2. The van der Waals surface area contributed by atoms with Crippen molar-refractivity contribution in [3.8, 4) is 0 Å². The average molecular weight is 432 g/mol. The summed E-state index contributed by atoms with van der Waals surface area (Å²) in [7, 11) is 0. The number of benzene rings is 2. The van der Waals surface area contributed by atoms with Gasteiger partial charge in [0.2, 0.25) is 5.91 Å². The Labute approximate surface area is 187 Å². The van der Waals surface area contributed by atoms with E-state index in [9.17, 15) is 9.59 Å². The van der Waals surface area contributed by atoms with Gasteiger partial charge in [-0.05, 0) is 44.0 Å². The predicted molar refractivity (Wildman–Crippen MR) is 126 cm³/mol. The van der Waals surface area contributed by atoms with E-state index in [1.165, 1.54) is 10.9 Å². The summed E-state index contributed by atoms with van der Waals surface area (Å²) >= 11 is 0. The van der Waals surface area contributed by atoms with Gasteiger partial charge >= 0.3 is 0 Å². The molecule has 2 heterocycles. The maximum atomic E-state index is 12.9. The minimum absolute atomic E-state index is 0.119. The summed E-state index contributed by atoms with van der Waals surface area (Å²) in [5.41, 5.74) is 2.51. The summed E-state index contributed by atoms with van der Waals surface area (Å²) in [6.45, 7) is 8.67. The van der Waals surface area contributed by atoms with Crippen molar-refractivity contribution in [1.29, 1.82) is 0 Å². The molecule has 2 aromatic carbocycles. The number of carbonyl (C=O) groups is 1. The number of aromatic nitrogens is 4. The van der Waals surface area contributed by atoms with Gasteiger partial charge in [0.1, 0.15) is 5.82 Å². The molecule has 0 saturated heterocycles. The lowest BCUT2D eigenvalue weighted by Crippen LogP contribution is -2.35. The lowest BCUT2D eigenvalue weighted by molar-refractivity contribution is -0.122. The molecule has 166 valence electrons. The number of hydrogen-bond acceptors (Lipinski definition) is 4. The molecule has 4 rings (SSSR count). The first-order chi connectivity index (χ1) is 15.4. The topological polar surface area (TPSA) is 81.8 Å². The van der Waals surface area contributed by atoms with E-state index in [0.29, 0.717) is 10.9 Å². The molecule has 0 bridgehead atoms. The van der Waals surface area contributed by atoms with Gasteiger partial charge in [-0.1, -0.05) is 38.1 Å². The van der Waals surface area contributed by atoms with E-state index >= 15 is 0 Å². The number of hydrogen-bond donors (Lipinski definition) is 1. The quantitative estimate of drug-likeness (QED) is 0.475. The average Bonchev–Trinajstić information content (AvgIpc) is 3.16. The molecule has 1 amide bonds. The number of nitrogens with zero attached hydrogens (tertiary/aromatic N) is 4. The fourth-order valence-corrected chi connectivity index (χ4v) is 4.09. The molecular weight excluding hydrogens is 402 g/mol. The third-order valence-electron chi connectivity index (χ3n) is 5.71. The second-order valence-corrected chi connectivity index (χ2v) is 8.72. The van der Waals surface area contributed by atoms with Gasteiger partial charge in [0.15, 0.2) is 0 Å². The zero-order valence-electron chi connectivity index (χ0n) is 18.9. The summed E-state index contributed by atoms with van der Waals surface area (Å²) in [5, 5.41) is 3.71. The Hall–Kier alpha value is -3.48. The summed E-state index contributed by atoms with van der Waals surface area (Å²) in [4.78, 5) is 34.8. The van der Waals surface area contributed by atoms with Gasteiger partial charge in [0.25, 0.3) is 5.56 Å². The van der Waals surface area contributed by atoms with Crippen LogP contribution in [0.3, 0.4) is 0 Å². The van der Waals surface area contributed by atoms with Crippen LogP contribution in [0.1, 0.15) is 52.0 Å². The standard InChI is InChI=1S/C25H29N5O2/c1-16(2)23(24-27-20-11-7-8-12-21(20)30(24)17(3)4)28-22(31)13-14-29-15-26-19-10-6-5-9-18(19)25(29)32/h5-12,15-17,23H,13-14H2,1-4H3,(H,28,31). The smallest absolute Gasteiger partial charge is 0.261 e. The molecule has 4 aromatic rings. The minimum Gasteiger partial charge on any atom is -0.346 e. The van der Waals surface area contributed by atoms with E-state index in [1.807, 2.05) is 36.4 Å². The van der Waals surface area contributed by atoms with Crippen LogP contribution in [0.2, 0.25) is 0 Å². The molecule has 1 N–H and O–H groups in total. The maximum absolute atomic E-state index is 12.9. The summed E-state index contributed by atoms with van der Waals surface area (Å²) < 4.78 is 3.69. The number of carbonyl (C=O) groups excluding carboxylic acids is 1. The van der Waals surface area contributed by atoms with Crippen LogP contribution in [0.15, 0.2) is 59.7 Å². The van der Waals surface area contributed by atoms with Gasteiger partial charge in [0.05, 0.1) is 34.3 Å². The van der Waals surface area contributed by atoms with Gasteiger partial charge in [-0.15, -0.1) is 0 Å². The van der Waals surface area contributed by atoms with Gasteiger partial charge in [-0.3, -0.25) is 14.2 Å². The Balaban J connectivity index is 1.55. The molecule has 0 aliphatic rings. The van der Waals surface area contributed by atoms with Crippen molar-refractivity contribution in [3.63, 3.8) is 0 Å². The molecule has 0 aliphatic carbocycles. The first-order valence-electron chi connectivity index (χ1n) is 11.1. The van der Waals surface area contributed by atoms with Crippen molar-refractivity contribution < 1.29 is 4.79 Å². The normalized spacial score (nSPS) is 12.7. The van der Waals surface area contributed by atoms with Crippen LogP contribution in [0.25, 0.3) is 21.9 Å². The molecule has 1 atom stereocenters. The second-order valence-electron chi connectivity index (χ2n) is 8.72. The Kier molecular flexibility index (Phi) is 6.08. The van der Waals surface area contributed by atoms with Crippen LogP contribution in [0.4, 0.5) is 0 Å². The van der Waals surface area contributed by atoms with Crippen molar-refractivity contribution in [2.45, 2.75) is 52.7 Å². The highest BCUT2D eigenvalue weighted by atomic mass is 16.2. The van der Waals surface area contributed by atoms with Crippen molar-refractivity contribution in [2.24, 2.45) is 5.92 Å². The molecule has 7 nitrogen and oxygen atoms in total. The Morgan fingerprint density at radius 1 is 1.00 bits per heavy atom. The van der Waals surface area contributed by atoms with Crippen molar-refractivity contribution in [3.05, 3.63) is 71.0 Å². The molecule has 0 spiro atoms. The Morgan fingerprint density at radius 2 is 1.69 bits per heavy atom. The number of amides is 1. The zero-order valence-corrected chi connectivity index (χ0v) is 18.9. The van der Waals surface area contributed by atoms with Crippen LogP contribution in [0, 0.1) is 5.92 Å². The highest BCUT2D eigenvalue weighted by molar-refractivity contribution is 5.79. The number of nitrogens with one attached hydrogen (secondary N) is 1. The third kappa shape index (κ3) is 4.15. The number of imidazole rings is 1. The van der Waals surface area contributed by atoms with Gasteiger partial charge in [0, 0.05) is 19.0 Å². The monoisotopic (exact) mass is 431 g/mol. The van der Waals surface area contributed by atoms with Crippen LogP contribution in [-0.4, -0.2) is 25.0 Å². The molecule has 0 radical (unpaired) electrons. The molecular formula is C25H29N5O2. The van der Waals surface area contributed by atoms with E-state index in [0.717, 1.165) is 16.9 Å². The Bertz CT molecular complexity index is 1320. The van der Waals surface area contributed by atoms with Crippen LogP contribution >= 0.6 is 0 Å². The Morgan fingerprint density at radius 3 is 2.41 bits per heavy atom. The van der Waals surface area contributed by atoms with E-state index in [2.05, 4.69) is 48.6 Å². The lowest BCUT2D eigenvalue weighted by atomic mass is 10.0. The second kappa shape index (κ2) is 8.94. The molecule has 32 heavy (non-hydrogen) atoms. The fourth-order valence-electron chi connectivity index (χ4n) is 4.09. The third-order valence-corrected chi connectivity index (χ3v) is 5.71. The first kappa shape index (κ1) is 21.7. The SMILES string of the molecule is CC(C)C(NC(=O)CCn1cnc2ccccc2c1=O)c1nc2ccccc2n1C(C)C. The van der Waals surface area contributed by atoms with Gasteiger partial charge < -0.3 is 9.88 Å². The van der Waals surface area contributed by atoms with Gasteiger partial charge in [-0.25, -0.2) is 9.97 Å². The van der Waals surface area contributed by atoms with E-state index in [-0.39, 0.29) is 42.4 Å². The van der Waals surface area contributed by atoms with Crippen molar-refractivity contribution in [2.75, 3.05) is 0 Å². The van der Waals surface area contributed by atoms with E-state index in [4.69, 9.17) is 4.98 Å². The van der Waals surface area contributed by atoms with E-state index in [1.54, 1.807) is 6.07 Å². The van der Waals surface area contributed by atoms with Crippen molar-refractivity contribution in [1.82, 2.24) is 24.4 Å². The maximum Gasteiger partial charge on any atom is 0.261 e. The molecule has 2 aromatic heterocycles. The summed E-state index contributed by atoms with van der Waals surface area (Å²) in [5.74, 6) is 0.888. The number of para-hydroxylation sites is 3. The highest BCUT2D eigenvalue weighted by Gasteiger charge is 2.26. The van der Waals surface area contributed by atoms with Crippen LogP contribution < -0.4 is 10.9 Å². The lowest BCUT2D eigenvalue weighted by Gasteiger charge is -2.25. The molecule has 1 unspecified atom stereocenters. The van der Waals surface area contributed by atoms with Gasteiger partial charge in [-0.2, -0.15) is 0 Å². The number of rotatable bonds is 7. The predicted octanol–water partition coefficient (Wildman–Crippen LogP) is 4.23. The molecule has 0 fully saturated rings. The molecule has 7 heteroatoms. The zero-order chi connectivity index (χ0) is 22.8. The molecule has 0 saturated carbocycles. The number of aryl methyl sites for hydroxylation is 1.